The minimum absolute atomic E-state index is 0.0446. The van der Waals surface area contributed by atoms with Crippen molar-refractivity contribution < 1.29 is 17.9 Å². The number of carbonyl (C=O) groups is 1. The van der Waals surface area contributed by atoms with Crippen LogP contribution in [0.4, 0.5) is 0 Å². The van der Waals surface area contributed by atoms with E-state index in [1.54, 1.807) is 0 Å². The topological polar surface area (TPSA) is 72.5 Å². The van der Waals surface area contributed by atoms with Crippen LogP contribution in [0.15, 0.2) is 24.3 Å². The van der Waals surface area contributed by atoms with Gasteiger partial charge in [-0.3, -0.25) is 9.52 Å². The fraction of sp³-hybridized carbons (Fsp3) is 0.533. The number of hydrogen-bond acceptors (Lipinski definition) is 4. The van der Waals surface area contributed by atoms with Crippen molar-refractivity contribution in [3.05, 3.63) is 35.4 Å². The highest BCUT2D eigenvalue weighted by atomic mass is 32.2. The first-order chi connectivity index (χ1) is 10.1. The summed E-state index contributed by atoms with van der Waals surface area (Å²) in [6, 6.07) is 7.83. The molecule has 1 aromatic carbocycles. The van der Waals surface area contributed by atoms with Crippen molar-refractivity contribution in [1.82, 2.24) is 4.72 Å². The summed E-state index contributed by atoms with van der Waals surface area (Å²) in [7, 11) is -3.51. The van der Waals surface area contributed by atoms with Crippen LogP contribution < -0.4 is 4.72 Å². The highest BCUT2D eigenvalue weighted by Gasteiger charge is 2.33. The average Bonchev–Trinajstić information content (AvgIpc) is 2.35. The molecule has 21 heavy (non-hydrogen) atoms. The number of sulfonamides is 1. The van der Waals surface area contributed by atoms with Gasteiger partial charge in [0.25, 0.3) is 0 Å². The minimum Gasteiger partial charge on any atom is -0.373 e. The molecule has 1 N–H and O–H groups in total. The molecule has 0 spiro atoms. The summed E-state index contributed by atoms with van der Waals surface area (Å²) in [5, 5.41) is -0.402. The average molecular weight is 309 g/mol. The van der Waals surface area contributed by atoms with Gasteiger partial charge in [0, 0.05) is 0 Å². The maximum absolute atomic E-state index is 12.0. The van der Waals surface area contributed by atoms with Crippen LogP contribution in [0.25, 0.3) is 0 Å². The number of hydrogen-bond donors (Lipinski definition) is 1. The van der Waals surface area contributed by atoms with Crippen molar-refractivity contribution in [3.63, 3.8) is 0 Å². The summed E-state index contributed by atoms with van der Waals surface area (Å²) < 4.78 is 31.7. The molecule has 0 bridgehead atoms. The molecular weight excluding hydrogens is 290 g/mol. The lowest BCUT2D eigenvalue weighted by Crippen LogP contribution is -2.42. The number of nitrogens with one attached hydrogen (secondary N) is 1. The van der Waals surface area contributed by atoms with Gasteiger partial charge in [-0.15, -0.1) is 0 Å². The van der Waals surface area contributed by atoms with Gasteiger partial charge in [-0.1, -0.05) is 30.7 Å². The van der Waals surface area contributed by atoms with Gasteiger partial charge < -0.3 is 4.74 Å². The molecule has 0 radical (unpaired) electrons. The van der Waals surface area contributed by atoms with Crippen molar-refractivity contribution in [2.75, 3.05) is 6.61 Å². The van der Waals surface area contributed by atoms with Gasteiger partial charge in [0.2, 0.25) is 15.9 Å². The Morgan fingerprint density at radius 1 is 1.29 bits per heavy atom. The number of rotatable bonds is 4. The molecule has 114 valence electrons. The second-order valence-corrected chi connectivity index (χ2v) is 7.60. The first-order valence-corrected chi connectivity index (χ1v) is 8.85. The normalized spacial score (nSPS) is 22.2. The zero-order valence-corrected chi connectivity index (χ0v) is 12.6. The number of benzene rings is 1. The smallest absolute Gasteiger partial charge is 0.237 e. The molecule has 2 aliphatic rings. The minimum atomic E-state index is -3.51. The van der Waals surface area contributed by atoms with E-state index in [-0.39, 0.29) is 12.5 Å². The van der Waals surface area contributed by atoms with Crippen LogP contribution in [0.2, 0.25) is 0 Å². The third kappa shape index (κ3) is 3.11. The van der Waals surface area contributed by atoms with E-state index < -0.39 is 21.2 Å². The molecule has 5 nitrogen and oxygen atoms in total. The van der Waals surface area contributed by atoms with E-state index in [1.807, 2.05) is 24.3 Å². The van der Waals surface area contributed by atoms with Gasteiger partial charge in [-0.05, 0) is 30.4 Å². The van der Waals surface area contributed by atoms with Crippen molar-refractivity contribution in [2.45, 2.75) is 43.5 Å². The number of ether oxygens (including phenoxy) is 1. The Kier molecular flexibility index (Phi) is 3.99. The van der Waals surface area contributed by atoms with Crippen LogP contribution in [0.1, 0.15) is 42.9 Å². The lowest BCUT2D eigenvalue weighted by atomic mass is 9.96. The van der Waals surface area contributed by atoms with E-state index in [2.05, 4.69) is 4.72 Å². The van der Waals surface area contributed by atoms with E-state index in [0.717, 1.165) is 18.4 Å². The second kappa shape index (κ2) is 5.77. The molecule has 1 unspecified atom stereocenters. The molecule has 1 aliphatic heterocycles. The zero-order valence-electron chi connectivity index (χ0n) is 11.7. The van der Waals surface area contributed by atoms with Gasteiger partial charge in [-0.25, -0.2) is 8.42 Å². The molecular formula is C15H19NO4S. The fourth-order valence-corrected chi connectivity index (χ4v) is 4.30. The van der Waals surface area contributed by atoms with E-state index in [4.69, 9.17) is 4.74 Å². The van der Waals surface area contributed by atoms with Crippen LogP contribution in [0.3, 0.4) is 0 Å². The van der Waals surface area contributed by atoms with Gasteiger partial charge in [0.1, 0.15) is 0 Å². The molecule has 6 heteroatoms. The highest BCUT2D eigenvalue weighted by Crippen LogP contribution is 2.30. The highest BCUT2D eigenvalue weighted by molar-refractivity contribution is 7.90. The summed E-state index contributed by atoms with van der Waals surface area (Å²) in [6.07, 6.45) is 2.72. The Labute approximate surface area is 124 Å². The number of carbonyl (C=O) groups excluding carboxylic acids is 1. The van der Waals surface area contributed by atoms with E-state index in [9.17, 15) is 13.2 Å². The first-order valence-electron chi connectivity index (χ1n) is 7.30. The largest absolute Gasteiger partial charge is 0.373 e. The standard InChI is InChI=1S/C15H19NO4S/c17-15(16-21(18,19)12-5-3-6-12)10-14-13-7-2-1-4-11(13)8-9-20-14/h1-2,4,7,12,14H,3,5-6,8-10H2,(H,16,17). The van der Waals surface area contributed by atoms with Crippen molar-refractivity contribution in [3.8, 4) is 0 Å². The Bertz CT molecular complexity index is 637. The van der Waals surface area contributed by atoms with Crippen LogP contribution >= 0.6 is 0 Å². The molecule has 1 saturated carbocycles. The maximum atomic E-state index is 12.0. The lowest BCUT2D eigenvalue weighted by Gasteiger charge is -2.27. The maximum Gasteiger partial charge on any atom is 0.237 e. The summed E-state index contributed by atoms with van der Waals surface area (Å²) in [5.41, 5.74) is 2.16. The van der Waals surface area contributed by atoms with Gasteiger partial charge in [0.15, 0.2) is 0 Å². The molecule has 3 rings (SSSR count). The van der Waals surface area contributed by atoms with E-state index in [1.165, 1.54) is 5.56 Å². The van der Waals surface area contributed by atoms with Crippen molar-refractivity contribution >= 4 is 15.9 Å². The number of fused-ring (bicyclic) bond motifs is 1. The summed E-state index contributed by atoms with van der Waals surface area (Å²) in [5.74, 6) is -0.483. The molecule has 1 fully saturated rings. The third-order valence-electron chi connectivity index (χ3n) is 4.21. The van der Waals surface area contributed by atoms with E-state index in [0.29, 0.717) is 19.4 Å². The summed E-state index contributed by atoms with van der Waals surface area (Å²) in [4.78, 5) is 12.0. The van der Waals surface area contributed by atoms with E-state index >= 15 is 0 Å². The molecule has 1 amide bonds. The SMILES string of the molecule is O=C(CC1OCCc2ccccc21)NS(=O)(=O)C1CCC1. The Morgan fingerprint density at radius 2 is 2.05 bits per heavy atom. The van der Waals surface area contributed by atoms with Crippen LogP contribution in [-0.2, 0) is 26.0 Å². The monoisotopic (exact) mass is 309 g/mol. The number of amides is 1. The van der Waals surface area contributed by atoms with Crippen LogP contribution in [0, 0.1) is 0 Å². The predicted molar refractivity (Wildman–Crippen MR) is 78.2 cm³/mol. The van der Waals surface area contributed by atoms with Gasteiger partial charge in [0.05, 0.1) is 24.4 Å². The molecule has 0 aromatic heterocycles. The van der Waals surface area contributed by atoms with Crippen molar-refractivity contribution in [2.24, 2.45) is 0 Å². The van der Waals surface area contributed by atoms with Crippen molar-refractivity contribution in [1.29, 1.82) is 0 Å². The summed E-state index contributed by atoms with van der Waals surface area (Å²) >= 11 is 0. The first kappa shape index (κ1) is 14.5. The fourth-order valence-electron chi connectivity index (χ4n) is 2.78. The Morgan fingerprint density at radius 3 is 2.76 bits per heavy atom. The molecule has 1 aromatic rings. The lowest BCUT2D eigenvalue weighted by molar-refractivity contribution is -0.122. The zero-order chi connectivity index (χ0) is 14.9. The molecule has 1 aliphatic carbocycles. The predicted octanol–water partition coefficient (Wildman–Crippen LogP) is 1.69. The molecule has 0 saturated heterocycles. The Hall–Kier alpha value is -1.40. The quantitative estimate of drug-likeness (QED) is 0.918. The second-order valence-electron chi connectivity index (χ2n) is 5.64. The summed E-state index contributed by atoms with van der Waals surface area (Å²) in [6.45, 7) is 0.560. The Balaban J connectivity index is 1.66. The van der Waals surface area contributed by atoms with Gasteiger partial charge in [-0.2, -0.15) is 0 Å². The third-order valence-corrected chi connectivity index (χ3v) is 6.07. The van der Waals surface area contributed by atoms with Gasteiger partial charge >= 0.3 is 0 Å². The van der Waals surface area contributed by atoms with Crippen LogP contribution in [0.5, 0.6) is 0 Å². The van der Waals surface area contributed by atoms with Crippen LogP contribution in [-0.4, -0.2) is 26.2 Å². The molecule has 1 atom stereocenters. The molecule has 1 heterocycles.